The van der Waals surface area contributed by atoms with E-state index in [0.29, 0.717) is 19.0 Å². The highest BCUT2D eigenvalue weighted by atomic mass is 16.2. The van der Waals surface area contributed by atoms with E-state index < -0.39 is 0 Å². The van der Waals surface area contributed by atoms with E-state index in [9.17, 15) is 4.79 Å². The molecule has 1 aliphatic carbocycles. The second-order valence-corrected chi connectivity index (χ2v) is 2.58. The fourth-order valence-corrected chi connectivity index (χ4v) is 0.696. The largest absolute Gasteiger partial charge is 0.337 e. The second-order valence-electron chi connectivity index (χ2n) is 2.58. The molecular weight excluding hydrogens is 142 g/mol. The summed E-state index contributed by atoms with van der Waals surface area (Å²) in [5, 5.41) is 13.5. The van der Waals surface area contributed by atoms with Gasteiger partial charge in [-0.15, -0.1) is 0 Å². The van der Waals surface area contributed by atoms with Gasteiger partial charge in [-0.1, -0.05) is 0 Å². The average Bonchev–Trinajstić information content (AvgIpc) is 2.72. The molecule has 0 atom stereocenters. The molecule has 11 heavy (non-hydrogen) atoms. The molecule has 0 aromatic heterocycles. The number of hydrogen-bond acceptors (Lipinski definition) is 2. The summed E-state index contributed by atoms with van der Waals surface area (Å²) in [6.45, 7) is 0.440. The zero-order valence-corrected chi connectivity index (χ0v) is 6.26. The van der Waals surface area contributed by atoms with Crippen molar-refractivity contribution in [2.75, 3.05) is 6.54 Å². The molecule has 0 spiro atoms. The number of carbonyl (C=O) groups is 1. The van der Waals surface area contributed by atoms with E-state index >= 15 is 0 Å². The van der Waals surface area contributed by atoms with E-state index in [1.165, 1.54) is 0 Å². The normalized spacial score (nSPS) is 15.2. The number of amides is 2. The number of rotatable bonds is 3. The Bertz CT molecular complexity index is 181. The molecule has 1 aliphatic rings. The van der Waals surface area contributed by atoms with Crippen LogP contribution in [0.25, 0.3) is 0 Å². The quantitative estimate of drug-likeness (QED) is 0.575. The van der Waals surface area contributed by atoms with Crippen LogP contribution in [0, 0.1) is 11.3 Å². The Morgan fingerprint density at radius 1 is 1.64 bits per heavy atom. The minimum Gasteiger partial charge on any atom is -0.337 e. The first-order valence-electron chi connectivity index (χ1n) is 3.74. The lowest BCUT2D eigenvalue weighted by molar-refractivity contribution is 0.240. The number of nitrogens with one attached hydrogen (secondary N) is 2. The van der Waals surface area contributed by atoms with Crippen molar-refractivity contribution in [3.8, 4) is 6.07 Å². The van der Waals surface area contributed by atoms with Crippen LogP contribution in [0.2, 0.25) is 0 Å². The molecule has 0 aromatic rings. The minimum absolute atomic E-state index is 0.150. The van der Waals surface area contributed by atoms with Gasteiger partial charge < -0.3 is 10.6 Å². The topological polar surface area (TPSA) is 64.9 Å². The molecule has 2 N–H and O–H groups in total. The van der Waals surface area contributed by atoms with Crippen molar-refractivity contribution in [1.82, 2.24) is 10.6 Å². The standard InChI is InChI=1S/C7H11N3O/c8-4-1-5-9-7(11)10-6-2-3-6/h6H,1-3,5H2,(H2,9,10,11). The third-order valence-corrected chi connectivity index (χ3v) is 1.43. The Labute approximate surface area is 65.6 Å². The van der Waals surface area contributed by atoms with Crippen molar-refractivity contribution in [3.05, 3.63) is 0 Å². The number of nitriles is 1. The summed E-state index contributed by atoms with van der Waals surface area (Å²) in [5.41, 5.74) is 0. The van der Waals surface area contributed by atoms with Gasteiger partial charge in [0.25, 0.3) is 0 Å². The highest BCUT2D eigenvalue weighted by Gasteiger charge is 2.22. The van der Waals surface area contributed by atoms with Crippen LogP contribution in [-0.4, -0.2) is 18.6 Å². The highest BCUT2D eigenvalue weighted by Crippen LogP contribution is 2.17. The van der Waals surface area contributed by atoms with Crippen LogP contribution < -0.4 is 10.6 Å². The first-order chi connectivity index (χ1) is 5.33. The second kappa shape index (κ2) is 3.81. The molecule has 4 nitrogen and oxygen atoms in total. The van der Waals surface area contributed by atoms with Crippen molar-refractivity contribution < 1.29 is 4.79 Å². The van der Waals surface area contributed by atoms with E-state index in [1.807, 2.05) is 6.07 Å². The maximum absolute atomic E-state index is 10.8. The molecule has 60 valence electrons. The average molecular weight is 153 g/mol. The van der Waals surface area contributed by atoms with E-state index in [0.717, 1.165) is 12.8 Å². The number of nitrogens with zero attached hydrogens (tertiary/aromatic N) is 1. The number of carbonyl (C=O) groups excluding carboxylic acids is 1. The maximum Gasteiger partial charge on any atom is 0.315 e. The minimum atomic E-state index is -0.150. The molecule has 0 radical (unpaired) electrons. The Hall–Kier alpha value is -1.24. The van der Waals surface area contributed by atoms with Crippen molar-refractivity contribution in [1.29, 1.82) is 5.26 Å². The number of hydrogen-bond donors (Lipinski definition) is 2. The van der Waals surface area contributed by atoms with Gasteiger partial charge >= 0.3 is 6.03 Å². The molecule has 1 saturated carbocycles. The van der Waals surface area contributed by atoms with Crippen LogP contribution in [0.5, 0.6) is 0 Å². The zero-order valence-electron chi connectivity index (χ0n) is 6.26. The Balaban J connectivity index is 1.97. The van der Waals surface area contributed by atoms with Gasteiger partial charge in [-0.25, -0.2) is 4.79 Å². The maximum atomic E-state index is 10.8. The van der Waals surface area contributed by atoms with Crippen molar-refractivity contribution in [3.63, 3.8) is 0 Å². The van der Waals surface area contributed by atoms with E-state index in [4.69, 9.17) is 5.26 Å². The number of urea groups is 1. The first-order valence-corrected chi connectivity index (χ1v) is 3.74. The van der Waals surface area contributed by atoms with Gasteiger partial charge in [-0.05, 0) is 12.8 Å². The van der Waals surface area contributed by atoms with Crippen LogP contribution in [0.4, 0.5) is 4.79 Å². The summed E-state index contributed by atoms with van der Waals surface area (Å²) in [7, 11) is 0. The summed E-state index contributed by atoms with van der Waals surface area (Å²) in [5.74, 6) is 0. The summed E-state index contributed by atoms with van der Waals surface area (Å²) in [6.07, 6.45) is 2.55. The van der Waals surface area contributed by atoms with Crippen molar-refractivity contribution in [2.24, 2.45) is 0 Å². The van der Waals surface area contributed by atoms with E-state index in [1.54, 1.807) is 0 Å². The summed E-state index contributed by atoms with van der Waals surface area (Å²) < 4.78 is 0. The monoisotopic (exact) mass is 153 g/mol. The lowest BCUT2D eigenvalue weighted by atomic mass is 10.5. The summed E-state index contributed by atoms with van der Waals surface area (Å²) in [6, 6.07) is 2.19. The fourth-order valence-electron chi connectivity index (χ4n) is 0.696. The lowest BCUT2D eigenvalue weighted by Gasteiger charge is -2.02. The van der Waals surface area contributed by atoms with Crippen LogP contribution in [0.3, 0.4) is 0 Å². The lowest BCUT2D eigenvalue weighted by Crippen LogP contribution is -2.37. The van der Waals surface area contributed by atoms with Gasteiger partial charge in [-0.2, -0.15) is 5.26 Å². The van der Waals surface area contributed by atoms with Gasteiger partial charge in [0, 0.05) is 12.6 Å². The molecule has 1 fully saturated rings. The summed E-state index contributed by atoms with van der Waals surface area (Å²) >= 11 is 0. The smallest absolute Gasteiger partial charge is 0.315 e. The molecular formula is C7H11N3O. The third kappa shape index (κ3) is 3.46. The van der Waals surface area contributed by atoms with E-state index in [2.05, 4.69) is 10.6 Å². The predicted molar refractivity (Wildman–Crippen MR) is 39.8 cm³/mol. The molecule has 0 bridgehead atoms. The van der Waals surface area contributed by atoms with Crippen LogP contribution in [-0.2, 0) is 0 Å². The highest BCUT2D eigenvalue weighted by molar-refractivity contribution is 5.74. The Morgan fingerprint density at radius 2 is 2.36 bits per heavy atom. The third-order valence-electron chi connectivity index (χ3n) is 1.43. The summed E-state index contributed by atoms with van der Waals surface area (Å²) in [4.78, 5) is 10.8. The molecule has 1 rings (SSSR count). The molecule has 0 saturated heterocycles. The van der Waals surface area contributed by atoms with Crippen molar-refractivity contribution in [2.45, 2.75) is 25.3 Å². The zero-order chi connectivity index (χ0) is 8.10. The fraction of sp³-hybridized carbons (Fsp3) is 0.714. The SMILES string of the molecule is N#CCCNC(=O)NC1CC1. The molecule has 4 heteroatoms. The van der Waals surface area contributed by atoms with Crippen LogP contribution in [0.1, 0.15) is 19.3 Å². The molecule has 0 heterocycles. The van der Waals surface area contributed by atoms with Gasteiger partial charge in [0.1, 0.15) is 0 Å². The van der Waals surface area contributed by atoms with Crippen LogP contribution in [0.15, 0.2) is 0 Å². The molecule has 0 aliphatic heterocycles. The van der Waals surface area contributed by atoms with Gasteiger partial charge in [0.2, 0.25) is 0 Å². The molecule has 0 unspecified atom stereocenters. The van der Waals surface area contributed by atoms with Gasteiger partial charge in [-0.3, -0.25) is 0 Å². The van der Waals surface area contributed by atoms with Crippen molar-refractivity contribution >= 4 is 6.03 Å². The van der Waals surface area contributed by atoms with Crippen LogP contribution >= 0.6 is 0 Å². The predicted octanol–water partition coefficient (Wildman–Crippen LogP) is 0.362. The first kappa shape index (κ1) is 7.86. The van der Waals surface area contributed by atoms with Gasteiger partial charge in [0.05, 0.1) is 12.5 Å². The van der Waals surface area contributed by atoms with Gasteiger partial charge in [0.15, 0.2) is 0 Å². The van der Waals surface area contributed by atoms with E-state index in [-0.39, 0.29) is 6.03 Å². The Morgan fingerprint density at radius 3 is 2.91 bits per heavy atom. The molecule has 2 amide bonds. The molecule has 0 aromatic carbocycles. The Kier molecular flexibility index (Phi) is 2.73.